The normalized spacial score (nSPS) is 19.6. The van der Waals surface area contributed by atoms with E-state index >= 15 is 0 Å². The number of hydrogen-bond acceptors (Lipinski definition) is 3. The number of benzene rings is 1. The fraction of sp³-hybridized carbons (Fsp3) is 0.357. The Hall–Kier alpha value is -2.44. The van der Waals surface area contributed by atoms with Gasteiger partial charge >= 0.3 is 5.97 Å². The van der Waals surface area contributed by atoms with Gasteiger partial charge in [-0.3, -0.25) is 9.59 Å². The van der Waals surface area contributed by atoms with Crippen LogP contribution < -0.4 is 5.73 Å². The predicted molar refractivity (Wildman–Crippen MR) is 70.5 cm³/mol. The summed E-state index contributed by atoms with van der Waals surface area (Å²) in [6.45, 7) is -0.0134. The molecule has 21 heavy (non-hydrogen) atoms. The zero-order valence-corrected chi connectivity index (χ0v) is 11.2. The molecule has 1 aliphatic heterocycles. The van der Waals surface area contributed by atoms with Gasteiger partial charge in [0.15, 0.2) is 0 Å². The molecule has 6 nitrogen and oxygen atoms in total. The summed E-state index contributed by atoms with van der Waals surface area (Å²) in [4.78, 5) is 35.5. The van der Waals surface area contributed by atoms with Crippen molar-refractivity contribution >= 4 is 17.8 Å². The van der Waals surface area contributed by atoms with Crippen molar-refractivity contribution in [3.05, 3.63) is 35.6 Å². The van der Waals surface area contributed by atoms with Crippen LogP contribution in [0, 0.1) is 11.7 Å². The van der Waals surface area contributed by atoms with Crippen molar-refractivity contribution in [2.45, 2.75) is 18.9 Å². The average molecular weight is 294 g/mol. The highest BCUT2D eigenvalue weighted by Gasteiger charge is 2.39. The molecule has 2 rings (SSSR count). The quantitative estimate of drug-likeness (QED) is 0.807. The van der Waals surface area contributed by atoms with Crippen LogP contribution in [0.25, 0.3) is 0 Å². The van der Waals surface area contributed by atoms with E-state index in [9.17, 15) is 23.9 Å². The van der Waals surface area contributed by atoms with E-state index in [1.54, 1.807) is 6.07 Å². The first-order valence-corrected chi connectivity index (χ1v) is 6.44. The second-order valence-corrected chi connectivity index (χ2v) is 5.04. The van der Waals surface area contributed by atoms with Crippen LogP contribution in [0.4, 0.5) is 4.39 Å². The van der Waals surface area contributed by atoms with E-state index in [4.69, 9.17) is 5.73 Å². The molecule has 112 valence electrons. The molecule has 1 saturated heterocycles. The molecule has 1 aromatic rings. The summed E-state index contributed by atoms with van der Waals surface area (Å²) < 4.78 is 13.2. The summed E-state index contributed by atoms with van der Waals surface area (Å²) in [6, 6.07) is 4.40. The summed E-state index contributed by atoms with van der Waals surface area (Å²) in [6.07, 6.45) is -0.105. The number of nitrogens with zero attached hydrogens (tertiary/aromatic N) is 1. The van der Waals surface area contributed by atoms with Gasteiger partial charge in [-0.2, -0.15) is 0 Å². The molecule has 2 amide bonds. The van der Waals surface area contributed by atoms with Crippen molar-refractivity contribution in [2.75, 3.05) is 6.54 Å². The van der Waals surface area contributed by atoms with Crippen molar-refractivity contribution in [1.82, 2.24) is 4.90 Å². The third kappa shape index (κ3) is 3.36. The Morgan fingerprint density at radius 2 is 2.19 bits per heavy atom. The number of amides is 2. The molecule has 0 spiro atoms. The number of carboxylic acids is 1. The van der Waals surface area contributed by atoms with E-state index in [0.717, 1.165) is 4.90 Å². The maximum atomic E-state index is 13.2. The van der Waals surface area contributed by atoms with E-state index in [1.165, 1.54) is 18.2 Å². The van der Waals surface area contributed by atoms with Crippen LogP contribution in [0.15, 0.2) is 24.3 Å². The minimum Gasteiger partial charge on any atom is -0.480 e. The highest BCUT2D eigenvalue weighted by atomic mass is 19.1. The van der Waals surface area contributed by atoms with Crippen molar-refractivity contribution in [1.29, 1.82) is 0 Å². The Morgan fingerprint density at radius 1 is 1.48 bits per heavy atom. The number of aliphatic carboxylic acids is 1. The third-order valence-corrected chi connectivity index (χ3v) is 3.54. The maximum Gasteiger partial charge on any atom is 0.326 e. The lowest BCUT2D eigenvalue weighted by molar-refractivity contribution is -0.148. The number of rotatable bonds is 5. The van der Waals surface area contributed by atoms with Gasteiger partial charge in [-0.15, -0.1) is 0 Å². The number of likely N-dealkylation sites (tertiary alicyclic amines) is 1. The number of halogens is 1. The summed E-state index contributed by atoms with van der Waals surface area (Å²) in [5, 5.41) is 9.30. The number of carbonyl (C=O) groups excluding carboxylic acids is 2. The van der Waals surface area contributed by atoms with Gasteiger partial charge in [0.05, 0.1) is 5.92 Å². The van der Waals surface area contributed by atoms with E-state index in [-0.39, 0.29) is 19.4 Å². The first-order valence-electron chi connectivity index (χ1n) is 6.44. The number of carbonyl (C=O) groups is 3. The molecule has 2 atom stereocenters. The van der Waals surface area contributed by atoms with Crippen LogP contribution in [0.1, 0.15) is 12.0 Å². The van der Waals surface area contributed by atoms with Gasteiger partial charge in [0.25, 0.3) is 0 Å². The van der Waals surface area contributed by atoms with Crippen molar-refractivity contribution < 1.29 is 23.9 Å². The molecular formula is C14H15FN2O4. The third-order valence-electron chi connectivity index (χ3n) is 3.54. The minimum absolute atomic E-state index is 0.0134. The molecule has 7 heteroatoms. The molecule has 1 aromatic carbocycles. The molecule has 1 aliphatic rings. The Balaban J connectivity index is 2.18. The monoisotopic (exact) mass is 294 g/mol. The van der Waals surface area contributed by atoms with Gasteiger partial charge in [-0.25, -0.2) is 9.18 Å². The Bertz CT molecular complexity index is 590. The van der Waals surface area contributed by atoms with E-state index in [0.29, 0.717) is 5.56 Å². The lowest BCUT2D eigenvalue weighted by Crippen LogP contribution is -2.44. The highest BCUT2D eigenvalue weighted by Crippen LogP contribution is 2.22. The lowest BCUT2D eigenvalue weighted by atomic mass is 10.0. The van der Waals surface area contributed by atoms with Gasteiger partial charge in [-0.1, -0.05) is 12.1 Å². The standard InChI is InChI=1S/C14H15FN2O4/c15-10-3-1-2-8(4-10)5-11(14(20)21)17-7-9(13(16)19)6-12(17)18/h1-4,9,11H,5-7H2,(H2,16,19)(H,20,21)/t9?,11-/m0/s1. The van der Waals surface area contributed by atoms with Gasteiger partial charge in [0.1, 0.15) is 11.9 Å². The number of carboxylic acid groups (broad SMARTS) is 1. The highest BCUT2D eigenvalue weighted by molar-refractivity contribution is 5.91. The van der Waals surface area contributed by atoms with Gasteiger partial charge in [0, 0.05) is 19.4 Å². The van der Waals surface area contributed by atoms with Crippen molar-refractivity contribution in [3.63, 3.8) is 0 Å². The SMILES string of the molecule is NC(=O)C1CC(=O)N([C@@H](Cc2cccc(F)c2)C(=O)O)C1. The number of nitrogens with two attached hydrogens (primary N) is 1. The Labute approximate surface area is 120 Å². The molecule has 0 radical (unpaired) electrons. The fourth-order valence-electron chi connectivity index (χ4n) is 2.44. The lowest BCUT2D eigenvalue weighted by Gasteiger charge is -2.24. The van der Waals surface area contributed by atoms with Gasteiger partial charge in [0.2, 0.25) is 11.8 Å². The zero-order chi connectivity index (χ0) is 15.6. The van der Waals surface area contributed by atoms with Gasteiger partial charge < -0.3 is 15.7 Å². The molecule has 1 fully saturated rings. The van der Waals surface area contributed by atoms with Crippen LogP contribution in [0.5, 0.6) is 0 Å². The van der Waals surface area contributed by atoms with Crippen molar-refractivity contribution in [3.8, 4) is 0 Å². The van der Waals surface area contributed by atoms with Crippen LogP contribution >= 0.6 is 0 Å². The van der Waals surface area contributed by atoms with E-state index in [2.05, 4.69) is 0 Å². The van der Waals surface area contributed by atoms with Crippen molar-refractivity contribution in [2.24, 2.45) is 11.7 Å². The predicted octanol–water partition coefficient (Wildman–Crippen LogP) is 0.155. The van der Waals surface area contributed by atoms with Crippen LogP contribution in [0.3, 0.4) is 0 Å². The summed E-state index contributed by atoms with van der Waals surface area (Å²) in [5.74, 6) is -3.40. The van der Waals surface area contributed by atoms with Crippen LogP contribution in [0.2, 0.25) is 0 Å². The number of primary amides is 1. The molecule has 1 unspecified atom stereocenters. The van der Waals surface area contributed by atoms with Crippen LogP contribution in [-0.2, 0) is 20.8 Å². The smallest absolute Gasteiger partial charge is 0.326 e. The van der Waals surface area contributed by atoms with E-state index < -0.39 is 35.6 Å². The molecule has 0 saturated carbocycles. The first kappa shape index (κ1) is 15.0. The first-order chi connectivity index (χ1) is 9.88. The topological polar surface area (TPSA) is 101 Å². The average Bonchev–Trinajstić information content (AvgIpc) is 2.78. The molecule has 1 heterocycles. The van der Waals surface area contributed by atoms with E-state index in [1.807, 2.05) is 0 Å². The second-order valence-electron chi connectivity index (χ2n) is 5.04. The zero-order valence-electron chi connectivity index (χ0n) is 11.2. The molecule has 0 aromatic heterocycles. The molecule has 3 N–H and O–H groups in total. The molecule has 0 bridgehead atoms. The van der Waals surface area contributed by atoms with Gasteiger partial charge in [-0.05, 0) is 17.7 Å². The van der Waals surface area contributed by atoms with Crippen LogP contribution in [-0.4, -0.2) is 40.4 Å². The second kappa shape index (κ2) is 5.90. The Morgan fingerprint density at radius 3 is 2.71 bits per heavy atom. The Kier molecular flexibility index (Phi) is 4.21. The largest absolute Gasteiger partial charge is 0.480 e. The maximum absolute atomic E-state index is 13.2. The minimum atomic E-state index is -1.20. The summed E-state index contributed by atoms with van der Waals surface area (Å²) >= 11 is 0. The molecular weight excluding hydrogens is 279 g/mol. The molecule has 0 aliphatic carbocycles. The number of hydrogen-bond donors (Lipinski definition) is 2. The summed E-state index contributed by atoms with van der Waals surface area (Å²) in [7, 11) is 0. The summed E-state index contributed by atoms with van der Waals surface area (Å²) in [5.41, 5.74) is 5.63. The fourth-order valence-corrected chi connectivity index (χ4v) is 2.44.